The van der Waals surface area contributed by atoms with Crippen LogP contribution in [0.2, 0.25) is 0 Å². The lowest BCUT2D eigenvalue weighted by Gasteiger charge is -2.35. The number of methoxy groups -OCH3 is 1. The van der Waals surface area contributed by atoms with E-state index in [2.05, 4.69) is 36.1 Å². The number of nitrogens with one attached hydrogen (secondary N) is 1. The van der Waals surface area contributed by atoms with Gasteiger partial charge in [0.2, 0.25) is 5.91 Å². The number of ether oxygens (including phenoxy) is 2. The minimum atomic E-state index is -0.794. The molecular formula is C33H56N2O5S. The molecule has 1 aliphatic heterocycles. The van der Waals surface area contributed by atoms with Gasteiger partial charge in [-0.3, -0.25) is 4.79 Å². The summed E-state index contributed by atoms with van der Waals surface area (Å²) in [5, 5.41) is 5.13. The number of benzene rings is 2. The van der Waals surface area contributed by atoms with E-state index in [0.29, 0.717) is 13.0 Å². The number of hydrogen-bond donors (Lipinski definition) is 2. The van der Waals surface area contributed by atoms with Gasteiger partial charge in [-0.05, 0) is 55.9 Å². The Hall–Kier alpha value is -2.74. The Kier molecular flexibility index (Phi) is 19.9. The first kappa shape index (κ1) is 40.4. The topological polar surface area (TPSA) is 84.9 Å². The number of esters is 1. The Morgan fingerprint density at radius 3 is 1.93 bits per heavy atom. The number of amides is 2. The fourth-order valence-electron chi connectivity index (χ4n) is 3.86. The van der Waals surface area contributed by atoms with E-state index < -0.39 is 35.2 Å². The van der Waals surface area contributed by atoms with Crippen molar-refractivity contribution in [2.75, 3.05) is 13.7 Å². The molecule has 0 aliphatic carbocycles. The molecule has 2 aromatic rings. The van der Waals surface area contributed by atoms with E-state index in [1.165, 1.54) is 22.8 Å². The van der Waals surface area contributed by atoms with Crippen molar-refractivity contribution in [3.63, 3.8) is 0 Å². The molecule has 1 saturated heterocycles. The molecule has 1 heterocycles. The quantitative estimate of drug-likeness (QED) is 0.277. The zero-order valence-electron chi connectivity index (χ0n) is 27.8. The highest BCUT2D eigenvalue weighted by atomic mass is 32.1. The summed E-state index contributed by atoms with van der Waals surface area (Å²) in [6.45, 7) is 23.3. The molecule has 8 heteroatoms. The largest absolute Gasteiger partial charge is 0.467 e. The zero-order chi connectivity index (χ0) is 32.4. The lowest BCUT2D eigenvalue weighted by atomic mass is 9.85. The van der Waals surface area contributed by atoms with E-state index in [1.54, 1.807) is 20.8 Å². The first-order valence-corrected chi connectivity index (χ1v) is 15.2. The number of rotatable bonds is 3. The Bertz CT molecular complexity index is 1040. The Morgan fingerprint density at radius 1 is 0.902 bits per heavy atom. The van der Waals surface area contributed by atoms with Crippen molar-refractivity contribution in [1.82, 2.24) is 10.2 Å². The maximum Gasteiger partial charge on any atom is 0.408 e. The van der Waals surface area contributed by atoms with E-state index in [0.717, 1.165) is 11.3 Å². The third-order valence-electron chi connectivity index (χ3n) is 5.55. The Labute approximate surface area is 255 Å². The van der Waals surface area contributed by atoms with Gasteiger partial charge in [0.15, 0.2) is 0 Å². The third-order valence-corrected chi connectivity index (χ3v) is 5.94. The maximum atomic E-state index is 13.0. The number of alkyl carbamates (subject to hydrolysis) is 1. The molecule has 3 rings (SSSR count). The second-order valence-corrected chi connectivity index (χ2v) is 11.1. The summed E-state index contributed by atoms with van der Waals surface area (Å²) in [7, 11) is 1.31. The van der Waals surface area contributed by atoms with Gasteiger partial charge in [0, 0.05) is 11.4 Å². The molecule has 1 fully saturated rings. The minimum absolute atomic E-state index is 0.291. The van der Waals surface area contributed by atoms with Crippen molar-refractivity contribution < 1.29 is 23.9 Å². The third kappa shape index (κ3) is 14.1. The molecule has 2 amide bonds. The molecule has 0 aromatic heterocycles. The molecular weight excluding hydrogens is 536 g/mol. The molecule has 1 aliphatic rings. The summed E-state index contributed by atoms with van der Waals surface area (Å²) in [6, 6.07) is 13.0. The van der Waals surface area contributed by atoms with Gasteiger partial charge in [-0.15, -0.1) is 12.6 Å². The van der Waals surface area contributed by atoms with Crippen LogP contribution in [0.5, 0.6) is 0 Å². The molecule has 1 unspecified atom stereocenters. The van der Waals surface area contributed by atoms with E-state index in [4.69, 9.17) is 9.47 Å². The van der Waals surface area contributed by atoms with Crippen LogP contribution in [0.15, 0.2) is 47.4 Å². The molecule has 2 aromatic carbocycles. The van der Waals surface area contributed by atoms with Crippen LogP contribution in [0.1, 0.15) is 95.9 Å². The van der Waals surface area contributed by atoms with Crippen LogP contribution in [0.25, 0.3) is 10.8 Å². The van der Waals surface area contributed by atoms with Gasteiger partial charge >= 0.3 is 12.1 Å². The predicted octanol–water partition coefficient (Wildman–Crippen LogP) is 8.30. The van der Waals surface area contributed by atoms with Crippen LogP contribution < -0.4 is 5.32 Å². The number of carbonyl (C=O) groups is 3. The smallest absolute Gasteiger partial charge is 0.408 e. The highest BCUT2D eigenvalue weighted by Crippen LogP contribution is 2.26. The van der Waals surface area contributed by atoms with Crippen LogP contribution in [0.4, 0.5) is 4.79 Å². The molecule has 0 saturated carbocycles. The van der Waals surface area contributed by atoms with Crippen molar-refractivity contribution in [2.45, 2.75) is 119 Å². The summed E-state index contributed by atoms with van der Waals surface area (Å²) < 4.78 is 10.0. The van der Waals surface area contributed by atoms with Crippen molar-refractivity contribution in [1.29, 1.82) is 0 Å². The van der Waals surface area contributed by atoms with Crippen molar-refractivity contribution in [3.8, 4) is 0 Å². The van der Waals surface area contributed by atoms with E-state index in [-0.39, 0.29) is 5.91 Å². The number of nitrogens with zero attached hydrogens (tertiary/aromatic N) is 1. The fraction of sp³-hybridized carbons (Fsp3) is 0.606. The molecule has 2 atom stereocenters. The highest BCUT2D eigenvalue weighted by molar-refractivity contribution is 7.80. The molecule has 41 heavy (non-hydrogen) atoms. The number of hydrogen-bond acceptors (Lipinski definition) is 6. The number of thiol groups is 1. The Morgan fingerprint density at radius 2 is 1.44 bits per heavy atom. The standard InChI is InChI=1S/C17H30N2O5.C10H8S.3C2H6/c1-16(2,3)12(18-15(22)24-17(4,5)6)13(20)19-10-8-9-11(19)14(21)23-7;11-10-7-3-5-8-4-1-2-6-9(8)10;3*1-2/h11-12H,8-10H2,1-7H3,(H,18,22);1-7,11H;3*1-2H3/t11?,12-;;;;/m1..../s1. The van der Waals surface area contributed by atoms with Gasteiger partial charge in [0.1, 0.15) is 17.7 Å². The van der Waals surface area contributed by atoms with Crippen LogP contribution >= 0.6 is 12.6 Å². The summed E-state index contributed by atoms with van der Waals surface area (Å²) >= 11 is 4.35. The first-order valence-electron chi connectivity index (χ1n) is 14.8. The first-order chi connectivity index (χ1) is 19.2. The molecule has 0 bridgehead atoms. The monoisotopic (exact) mass is 592 g/mol. The zero-order valence-corrected chi connectivity index (χ0v) is 28.6. The Balaban J connectivity index is 0. The maximum absolute atomic E-state index is 13.0. The van der Waals surface area contributed by atoms with Crippen molar-refractivity contribution in [2.24, 2.45) is 5.41 Å². The van der Waals surface area contributed by atoms with Crippen molar-refractivity contribution >= 4 is 41.4 Å². The highest BCUT2D eigenvalue weighted by Gasteiger charge is 2.42. The normalized spacial score (nSPS) is 14.7. The van der Waals surface area contributed by atoms with Crippen molar-refractivity contribution in [3.05, 3.63) is 42.5 Å². The molecule has 0 radical (unpaired) electrons. The van der Waals surface area contributed by atoms with Gasteiger partial charge in [0.05, 0.1) is 7.11 Å². The average Bonchev–Trinajstić information content (AvgIpc) is 3.44. The number of carbonyl (C=O) groups excluding carboxylic acids is 3. The molecule has 7 nitrogen and oxygen atoms in total. The van der Waals surface area contributed by atoms with Gasteiger partial charge < -0.3 is 19.7 Å². The summed E-state index contributed by atoms with van der Waals surface area (Å²) in [5.41, 5.74) is -1.19. The number of likely N-dealkylation sites (tertiary alicyclic amines) is 1. The van der Waals surface area contributed by atoms with Crippen LogP contribution in [0.3, 0.4) is 0 Å². The SMILES string of the molecule is CC.CC.CC.COC(=O)C1CCCN1C(=O)[C@@H](NC(=O)OC(C)(C)C)C(C)(C)C.Sc1cccc2ccccc12. The van der Waals surface area contributed by atoms with E-state index >= 15 is 0 Å². The summed E-state index contributed by atoms with van der Waals surface area (Å²) in [6.07, 6.45) is 0.654. The molecule has 1 N–H and O–H groups in total. The van der Waals surface area contributed by atoms with E-state index in [1.807, 2.05) is 86.6 Å². The van der Waals surface area contributed by atoms with Crippen LogP contribution in [0, 0.1) is 5.41 Å². The fourth-order valence-corrected chi connectivity index (χ4v) is 4.15. The number of fused-ring (bicyclic) bond motifs is 1. The van der Waals surface area contributed by atoms with E-state index in [9.17, 15) is 14.4 Å². The molecule has 234 valence electrons. The van der Waals surface area contributed by atoms with Gasteiger partial charge in [0.25, 0.3) is 0 Å². The average molecular weight is 593 g/mol. The summed E-state index contributed by atoms with van der Waals surface area (Å²) in [4.78, 5) is 39.5. The second-order valence-electron chi connectivity index (χ2n) is 10.7. The van der Waals surface area contributed by atoms with Gasteiger partial charge in [-0.25, -0.2) is 9.59 Å². The second kappa shape index (κ2) is 20.2. The van der Waals surface area contributed by atoms with Crippen LogP contribution in [-0.4, -0.2) is 54.2 Å². The predicted molar refractivity (Wildman–Crippen MR) is 175 cm³/mol. The van der Waals surface area contributed by atoms with Crippen LogP contribution in [-0.2, 0) is 19.1 Å². The van der Waals surface area contributed by atoms with Gasteiger partial charge in [-0.2, -0.15) is 0 Å². The minimum Gasteiger partial charge on any atom is -0.467 e. The lowest BCUT2D eigenvalue weighted by Crippen LogP contribution is -2.57. The summed E-state index contributed by atoms with van der Waals surface area (Å²) in [5.74, 6) is -0.716. The molecule has 0 spiro atoms. The lowest BCUT2D eigenvalue weighted by molar-refractivity contribution is -0.152. The van der Waals surface area contributed by atoms with Gasteiger partial charge in [-0.1, -0.05) is 98.7 Å².